The van der Waals surface area contributed by atoms with Crippen LogP contribution in [-0.2, 0) is 11.2 Å². The largest absolute Gasteiger partial charge is 0.458 e. The SMILES string of the molecule is CCCc1cnc2c(O[C@@H]3OC(CO)[C@@H](O)C(O)[C@@H]3O)cccn2c1=O. The fourth-order valence-electron chi connectivity index (χ4n) is 2.94. The van der Waals surface area contributed by atoms with Crippen LogP contribution in [0.4, 0.5) is 0 Å². The molecule has 0 amide bonds. The summed E-state index contributed by atoms with van der Waals surface area (Å²) in [4.78, 5) is 16.8. The van der Waals surface area contributed by atoms with Crippen molar-refractivity contribution < 1.29 is 29.9 Å². The van der Waals surface area contributed by atoms with Crippen LogP contribution in [-0.4, -0.2) is 67.1 Å². The van der Waals surface area contributed by atoms with Gasteiger partial charge in [0.1, 0.15) is 24.4 Å². The second-order valence-corrected chi connectivity index (χ2v) is 6.22. The topological polar surface area (TPSA) is 134 Å². The van der Waals surface area contributed by atoms with Gasteiger partial charge in [-0.2, -0.15) is 0 Å². The highest BCUT2D eigenvalue weighted by atomic mass is 16.7. The molecule has 0 radical (unpaired) electrons. The molecule has 1 fully saturated rings. The summed E-state index contributed by atoms with van der Waals surface area (Å²) in [6.45, 7) is 1.41. The van der Waals surface area contributed by atoms with Gasteiger partial charge in [-0.25, -0.2) is 4.98 Å². The predicted molar refractivity (Wildman–Crippen MR) is 89.9 cm³/mol. The van der Waals surface area contributed by atoms with Gasteiger partial charge >= 0.3 is 0 Å². The summed E-state index contributed by atoms with van der Waals surface area (Å²) in [6.07, 6.45) is -2.53. The highest BCUT2D eigenvalue weighted by Gasteiger charge is 2.44. The quantitative estimate of drug-likeness (QED) is 0.520. The zero-order valence-electron chi connectivity index (χ0n) is 14.2. The van der Waals surface area contributed by atoms with Crippen LogP contribution in [0.15, 0.2) is 29.3 Å². The Bertz CT molecular complexity index is 822. The molecule has 1 aliphatic rings. The van der Waals surface area contributed by atoms with Gasteiger partial charge in [0.25, 0.3) is 5.56 Å². The molecule has 4 N–H and O–H groups in total. The number of rotatable bonds is 5. The molecule has 0 spiro atoms. The summed E-state index contributed by atoms with van der Waals surface area (Å²) in [5, 5.41) is 39.0. The average Bonchev–Trinajstić information content (AvgIpc) is 2.65. The summed E-state index contributed by atoms with van der Waals surface area (Å²) in [5.41, 5.74) is 0.598. The van der Waals surface area contributed by atoms with Crippen LogP contribution in [0.5, 0.6) is 5.75 Å². The van der Waals surface area contributed by atoms with Gasteiger partial charge in [0.15, 0.2) is 11.4 Å². The van der Waals surface area contributed by atoms with Crippen molar-refractivity contribution in [2.75, 3.05) is 6.61 Å². The van der Waals surface area contributed by atoms with Gasteiger partial charge in [-0.3, -0.25) is 9.20 Å². The van der Waals surface area contributed by atoms with Gasteiger partial charge in [-0.15, -0.1) is 0 Å². The molecule has 26 heavy (non-hydrogen) atoms. The first kappa shape index (κ1) is 18.7. The van der Waals surface area contributed by atoms with Crippen molar-refractivity contribution in [1.82, 2.24) is 9.38 Å². The first-order valence-electron chi connectivity index (χ1n) is 8.44. The molecule has 3 rings (SSSR count). The van der Waals surface area contributed by atoms with E-state index in [0.29, 0.717) is 12.0 Å². The molecular weight excluding hydrogens is 344 g/mol. The molecule has 1 aliphatic heterocycles. The fourth-order valence-corrected chi connectivity index (χ4v) is 2.94. The van der Waals surface area contributed by atoms with E-state index < -0.39 is 37.3 Å². The lowest BCUT2D eigenvalue weighted by atomic mass is 9.99. The molecule has 0 aromatic carbocycles. The van der Waals surface area contributed by atoms with Crippen molar-refractivity contribution in [3.8, 4) is 5.75 Å². The van der Waals surface area contributed by atoms with E-state index in [0.717, 1.165) is 6.42 Å². The van der Waals surface area contributed by atoms with Gasteiger partial charge in [-0.05, 0) is 18.6 Å². The minimum Gasteiger partial charge on any atom is -0.458 e. The van der Waals surface area contributed by atoms with E-state index in [1.807, 2.05) is 6.92 Å². The molecule has 9 nitrogen and oxygen atoms in total. The summed E-state index contributed by atoms with van der Waals surface area (Å²) < 4.78 is 12.3. The van der Waals surface area contributed by atoms with Crippen LogP contribution in [0.1, 0.15) is 18.9 Å². The van der Waals surface area contributed by atoms with Gasteiger partial charge in [0, 0.05) is 18.0 Å². The molecule has 9 heteroatoms. The number of pyridine rings is 1. The van der Waals surface area contributed by atoms with Crippen LogP contribution in [0.3, 0.4) is 0 Å². The van der Waals surface area contributed by atoms with Crippen LogP contribution < -0.4 is 10.3 Å². The van der Waals surface area contributed by atoms with Crippen LogP contribution in [0.25, 0.3) is 5.65 Å². The van der Waals surface area contributed by atoms with Crippen molar-refractivity contribution in [3.05, 3.63) is 40.4 Å². The maximum absolute atomic E-state index is 12.5. The Hall–Kier alpha value is -2.04. The monoisotopic (exact) mass is 366 g/mol. The Kier molecular flexibility index (Phi) is 5.54. The second kappa shape index (κ2) is 7.68. The maximum Gasteiger partial charge on any atom is 0.261 e. The van der Waals surface area contributed by atoms with Crippen molar-refractivity contribution >= 4 is 5.65 Å². The number of aromatic nitrogens is 2. The standard InChI is InChI=1S/C17H22N2O7/c1-2-4-9-7-18-15-10(5-3-6-19(15)16(9)24)25-17-14(23)13(22)12(21)11(8-20)26-17/h3,5-7,11-14,17,20-23H,2,4,8H2,1H3/t11?,12-,13?,14+,17-/m1/s1. The molecule has 2 aromatic rings. The minimum atomic E-state index is -1.55. The summed E-state index contributed by atoms with van der Waals surface area (Å²) in [5.74, 6) is 0.164. The Balaban J connectivity index is 1.93. The fraction of sp³-hybridized carbons (Fsp3) is 0.529. The predicted octanol–water partition coefficient (Wildman–Crippen LogP) is -1.17. The van der Waals surface area contributed by atoms with Crippen molar-refractivity contribution in [2.45, 2.75) is 50.5 Å². The lowest BCUT2D eigenvalue weighted by Crippen LogP contribution is -2.60. The highest BCUT2D eigenvalue weighted by molar-refractivity contribution is 5.53. The highest BCUT2D eigenvalue weighted by Crippen LogP contribution is 2.25. The Morgan fingerprint density at radius 2 is 2.04 bits per heavy atom. The van der Waals surface area contributed by atoms with Gasteiger partial charge < -0.3 is 29.9 Å². The molecule has 5 atom stereocenters. The van der Waals surface area contributed by atoms with E-state index in [4.69, 9.17) is 9.47 Å². The maximum atomic E-state index is 12.5. The van der Waals surface area contributed by atoms with E-state index in [-0.39, 0.29) is 17.0 Å². The smallest absolute Gasteiger partial charge is 0.261 e. The Morgan fingerprint density at radius 3 is 2.73 bits per heavy atom. The second-order valence-electron chi connectivity index (χ2n) is 6.22. The summed E-state index contributed by atoms with van der Waals surface area (Å²) in [7, 11) is 0. The number of ether oxygens (including phenoxy) is 2. The zero-order chi connectivity index (χ0) is 18.8. The average molecular weight is 366 g/mol. The lowest BCUT2D eigenvalue weighted by molar-refractivity contribution is -0.277. The minimum absolute atomic E-state index is 0.164. The van der Waals surface area contributed by atoms with Crippen molar-refractivity contribution in [3.63, 3.8) is 0 Å². The first-order valence-corrected chi connectivity index (χ1v) is 8.44. The van der Waals surface area contributed by atoms with E-state index in [2.05, 4.69) is 4.98 Å². The van der Waals surface area contributed by atoms with E-state index >= 15 is 0 Å². The number of nitrogens with zero attached hydrogens (tertiary/aromatic N) is 2. The molecule has 142 valence electrons. The van der Waals surface area contributed by atoms with Gasteiger partial charge in [0.05, 0.1) is 6.61 Å². The summed E-state index contributed by atoms with van der Waals surface area (Å²) in [6, 6.07) is 3.13. The number of aliphatic hydroxyl groups excluding tert-OH is 4. The van der Waals surface area contributed by atoms with Crippen LogP contribution in [0, 0.1) is 0 Å². The first-order chi connectivity index (χ1) is 12.5. The molecule has 3 heterocycles. The lowest BCUT2D eigenvalue weighted by Gasteiger charge is -2.39. The molecule has 0 bridgehead atoms. The number of aryl methyl sites for hydroxylation is 1. The molecule has 2 aromatic heterocycles. The third-order valence-electron chi connectivity index (χ3n) is 4.38. The van der Waals surface area contributed by atoms with Gasteiger partial charge in [0.2, 0.25) is 6.29 Å². The van der Waals surface area contributed by atoms with E-state index in [1.54, 1.807) is 18.3 Å². The van der Waals surface area contributed by atoms with Crippen molar-refractivity contribution in [1.29, 1.82) is 0 Å². The number of hydrogen-bond donors (Lipinski definition) is 4. The van der Waals surface area contributed by atoms with E-state index in [9.17, 15) is 25.2 Å². The molecule has 0 aliphatic carbocycles. The van der Waals surface area contributed by atoms with E-state index in [1.165, 1.54) is 10.6 Å². The third kappa shape index (κ3) is 3.31. The van der Waals surface area contributed by atoms with Crippen molar-refractivity contribution in [2.24, 2.45) is 0 Å². The number of fused-ring (bicyclic) bond motifs is 1. The Morgan fingerprint density at radius 1 is 1.27 bits per heavy atom. The molecule has 0 saturated carbocycles. The summed E-state index contributed by atoms with van der Waals surface area (Å²) >= 11 is 0. The normalized spacial score (nSPS) is 29.0. The Labute approximate surface area is 149 Å². The number of hydrogen-bond acceptors (Lipinski definition) is 8. The molecule has 2 unspecified atom stereocenters. The zero-order valence-corrected chi connectivity index (χ0v) is 14.2. The third-order valence-corrected chi connectivity index (χ3v) is 4.38. The molecule has 1 saturated heterocycles. The number of aliphatic hydroxyl groups is 4. The molecular formula is C17H22N2O7. The van der Waals surface area contributed by atoms with Crippen LogP contribution >= 0.6 is 0 Å². The van der Waals surface area contributed by atoms with Crippen LogP contribution in [0.2, 0.25) is 0 Å². The van der Waals surface area contributed by atoms with Gasteiger partial charge in [-0.1, -0.05) is 13.3 Å².